The second-order valence-corrected chi connectivity index (χ2v) is 7.00. The minimum Gasteiger partial charge on any atom is -0.487 e. The molecule has 0 spiro atoms. The molecule has 2 rings (SSSR count). The Labute approximate surface area is 140 Å². The Balaban J connectivity index is 1.89. The van der Waals surface area contributed by atoms with Gasteiger partial charge in [0, 0.05) is 12.5 Å². The molecule has 2 aromatic rings. The van der Waals surface area contributed by atoms with Gasteiger partial charge in [-0.3, -0.25) is 4.18 Å². The molecule has 0 fully saturated rings. The summed E-state index contributed by atoms with van der Waals surface area (Å²) >= 11 is 0. The fourth-order valence-electron chi connectivity index (χ4n) is 1.94. The van der Waals surface area contributed by atoms with Crippen molar-refractivity contribution in [1.82, 2.24) is 0 Å². The first-order valence-corrected chi connectivity index (χ1v) is 8.76. The Hall–Kier alpha value is -1.99. The van der Waals surface area contributed by atoms with Crippen LogP contribution in [-0.4, -0.2) is 21.1 Å². The van der Waals surface area contributed by atoms with Gasteiger partial charge in [0.25, 0.3) is 10.1 Å². The van der Waals surface area contributed by atoms with E-state index >= 15 is 0 Å². The smallest absolute Gasteiger partial charge is 0.296 e. The first-order valence-electron chi connectivity index (χ1n) is 7.36. The van der Waals surface area contributed by atoms with Gasteiger partial charge in [0.2, 0.25) is 0 Å². The van der Waals surface area contributed by atoms with E-state index < -0.39 is 27.9 Å². The van der Waals surface area contributed by atoms with Crippen LogP contribution in [0.4, 0.5) is 8.78 Å². The Morgan fingerprint density at radius 1 is 1.08 bits per heavy atom. The van der Waals surface area contributed by atoms with Crippen LogP contribution in [0.5, 0.6) is 5.75 Å². The first kappa shape index (κ1) is 18.4. The van der Waals surface area contributed by atoms with Gasteiger partial charge >= 0.3 is 0 Å². The number of hydrogen-bond donors (Lipinski definition) is 0. The zero-order valence-corrected chi connectivity index (χ0v) is 14.1. The van der Waals surface area contributed by atoms with Gasteiger partial charge in [-0.05, 0) is 38.1 Å². The summed E-state index contributed by atoms with van der Waals surface area (Å²) in [5, 5.41) is 0. The van der Waals surface area contributed by atoms with Gasteiger partial charge in [0.1, 0.15) is 5.82 Å². The monoisotopic (exact) mass is 356 g/mol. The van der Waals surface area contributed by atoms with Crippen LogP contribution in [0, 0.1) is 18.6 Å². The third kappa shape index (κ3) is 5.01. The molecule has 0 unspecified atom stereocenters. The van der Waals surface area contributed by atoms with Gasteiger partial charge in [0.05, 0.1) is 17.6 Å². The minimum absolute atomic E-state index is 0.0675. The quantitative estimate of drug-likeness (QED) is 0.708. The molecule has 0 heterocycles. The average Bonchev–Trinajstić information content (AvgIpc) is 2.51. The van der Waals surface area contributed by atoms with Gasteiger partial charge in [-0.1, -0.05) is 17.7 Å². The van der Waals surface area contributed by atoms with Crippen molar-refractivity contribution in [2.75, 3.05) is 6.61 Å². The maximum atomic E-state index is 13.5. The summed E-state index contributed by atoms with van der Waals surface area (Å²) in [5.74, 6) is -1.52. The molecular weight excluding hydrogens is 338 g/mol. The van der Waals surface area contributed by atoms with Crippen molar-refractivity contribution in [2.24, 2.45) is 0 Å². The van der Waals surface area contributed by atoms with Gasteiger partial charge in [-0.25, -0.2) is 8.78 Å². The fourth-order valence-corrected chi connectivity index (χ4v) is 2.86. The topological polar surface area (TPSA) is 52.6 Å². The molecule has 0 amide bonds. The molecule has 0 bridgehead atoms. The molecule has 4 nitrogen and oxygen atoms in total. The molecule has 0 N–H and O–H groups in total. The van der Waals surface area contributed by atoms with Crippen LogP contribution >= 0.6 is 0 Å². The second kappa shape index (κ2) is 7.72. The van der Waals surface area contributed by atoms with Gasteiger partial charge in [-0.2, -0.15) is 8.42 Å². The standard InChI is InChI=1S/C17H18F2O4S/c1-12-3-6-15(7-4-12)24(20,21)22-10-9-13(2)23-17-11-14(18)5-8-16(17)19/h3-8,11,13H,9-10H2,1-2H3/t13-/m1/s1. The molecule has 0 aliphatic rings. The van der Waals surface area contributed by atoms with Crippen molar-refractivity contribution < 1.29 is 26.1 Å². The van der Waals surface area contributed by atoms with Crippen LogP contribution < -0.4 is 4.74 Å². The molecule has 0 aliphatic heterocycles. The summed E-state index contributed by atoms with van der Waals surface area (Å²) in [6, 6.07) is 9.18. The van der Waals surface area contributed by atoms with Crippen LogP contribution in [-0.2, 0) is 14.3 Å². The van der Waals surface area contributed by atoms with Gasteiger partial charge in [0.15, 0.2) is 11.6 Å². The van der Waals surface area contributed by atoms with Crippen LogP contribution in [0.25, 0.3) is 0 Å². The summed E-state index contributed by atoms with van der Waals surface area (Å²) in [7, 11) is -3.85. The van der Waals surface area contributed by atoms with E-state index in [0.29, 0.717) is 0 Å². The highest BCUT2D eigenvalue weighted by molar-refractivity contribution is 7.86. The maximum Gasteiger partial charge on any atom is 0.296 e. The molecule has 130 valence electrons. The minimum atomic E-state index is -3.85. The summed E-state index contributed by atoms with van der Waals surface area (Å²) in [4.78, 5) is 0.0675. The number of aryl methyl sites for hydroxylation is 1. The van der Waals surface area contributed by atoms with Crippen molar-refractivity contribution in [3.05, 3.63) is 59.7 Å². The molecule has 0 saturated carbocycles. The summed E-state index contributed by atoms with van der Waals surface area (Å²) in [6.45, 7) is 3.34. The Morgan fingerprint density at radius 2 is 1.75 bits per heavy atom. The first-order chi connectivity index (χ1) is 11.3. The van der Waals surface area contributed by atoms with E-state index in [4.69, 9.17) is 8.92 Å². The van der Waals surface area contributed by atoms with Crippen LogP contribution in [0.15, 0.2) is 47.4 Å². The number of rotatable bonds is 7. The highest BCUT2D eigenvalue weighted by Crippen LogP contribution is 2.20. The number of halogens is 2. The highest BCUT2D eigenvalue weighted by Gasteiger charge is 2.16. The lowest BCUT2D eigenvalue weighted by Crippen LogP contribution is -2.17. The van der Waals surface area contributed by atoms with Crippen molar-refractivity contribution >= 4 is 10.1 Å². The lowest BCUT2D eigenvalue weighted by molar-refractivity contribution is 0.172. The maximum absolute atomic E-state index is 13.5. The summed E-state index contributed by atoms with van der Waals surface area (Å²) < 4.78 is 60.8. The molecule has 0 aliphatic carbocycles. The fraction of sp³-hybridized carbons (Fsp3) is 0.294. The molecule has 24 heavy (non-hydrogen) atoms. The van der Waals surface area contributed by atoms with E-state index in [1.807, 2.05) is 6.92 Å². The Morgan fingerprint density at radius 3 is 2.42 bits per heavy atom. The normalized spacial score (nSPS) is 12.8. The average molecular weight is 356 g/mol. The molecule has 0 saturated heterocycles. The molecular formula is C17H18F2O4S. The van der Waals surface area contributed by atoms with Crippen molar-refractivity contribution in [1.29, 1.82) is 0 Å². The third-order valence-corrected chi connectivity index (χ3v) is 4.62. The van der Waals surface area contributed by atoms with Crippen molar-refractivity contribution in [3.63, 3.8) is 0 Å². The lowest BCUT2D eigenvalue weighted by Gasteiger charge is -2.15. The third-order valence-electron chi connectivity index (χ3n) is 3.29. The van der Waals surface area contributed by atoms with Crippen LogP contribution in [0.2, 0.25) is 0 Å². The largest absolute Gasteiger partial charge is 0.487 e. The van der Waals surface area contributed by atoms with Crippen LogP contribution in [0.1, 0.15) is 18.9 Å². The van der Waals surface area contributed by atoms with E-state index in [-0.39, 0.29) is 23.7 Å². The Bertz CT molecular complexity index is 789. The van der Waals surface area contributed by atoms with E-state index in [1.54, 1.807) is 19.1 Å². The van der Waals surface area contributed by atoms with Crippen molar-refractivity contribution in [3.8, 4) is 5.75 Å². The number of ether oxygens (including phenoxy) is 1. The van der Waals surface area contributed by atoms with Crippen LogP contribution in [0.3, 0.4) is 0 Å². The van der Waals surface area contributed by atoms with Gasteiger partial charge in [-0.15, -0.1) is 0 Å². The second-order valence-electron chi connectivity index (χ2n) is 5.38. The molecule has 1 atom stereocenters. The van der Waals surface area contributed by atoms with E-state index in [0.717, 1.165) is 23.8 Å². The molecule has 0 aromatic heterocycles. The highest BCUT2D eigenvalue weighted by atomic mass is 32.2. The van der Waals surface area contributed by atoms with E-state index in [1.165, 1.54) is 12.1 Å². The predicted octanol–water partition coefficient (Wildman–Crippen LogP) is 3.84. The summed E-state index contributed by atoms with van der Waals surface area (Å²) in [5.41, 5.74) is 0.938. The summed E-state index contributed by atoms with van der Waals surface area (Å²) in [6.07, 6.45) is -0.351. The lowest BCUT2D eigenvalue weighted by atomic mass is 10.2. The Kier molecular flexibility index (Phi) is 5.90. The molecule has 7 heteroatoms. The van der Waals surface area contributed by atoms with E-state index in [9.17, 15) is 17.2 Å². The molecule has 0 radical (unpaired) electrons. The van der Waals surface area contributed by atoms with E-state index in [2.05, 4.69) is 0 Å². The SMILES string of the molecule is Cc1ccc(S(=O)(=O)OCC[C@@H](C)Oc2cc(F)ccc2F)cc1. The number of benzene rings is 2. The van der Waals surface area contributed by atoms with Gasteiger partial charge < -0.3 is 4.74 Å². The zero-order chi connectivity index (χ0) is 17.7. The number of hydrogen-bond acceptors (Lipinski definition) is 4. The zero-order valence-electron chi connectivity index (χ0n) is 13.3. The molecule has 2 aromatic carbocycles. The predicted molar refractivity (Wildman–Crippen MR) is 85.4 cm³/mol. The van der Waals surface area contributed by atoms with Crippen molar-refractivity contribution in [2.45, 2.75) is 31.3 Å².